The molecule has 0 spiro atoms. The molecule has 1 aromatic carbocycles. The molecule has 0 aliphatic rings. The standard InChI is InChI=1S/C15H19F3N4/c1-22-14(13(10-21-22)20-7-3-6-19)9-11-4-2-5-12(8-11)15(16,17)18/h2,4-5,8,10,20H,3,6-7,9,19H2,1H3. The highest BCUT2D eigenvalue weighted by Crippen LogP contribution is 2.30. The summed E-state index contributed by atoms with van der Waals surface area (Å²) in [5, 5.41) is 7.38. The van der Waals surface area contributed by atoms with Gasteiger partial charge in [-0.25, -0.2) is 0 Å². The first-order valence-electron chi connectivity index (χ1n) is 7.02. The van der Waals surface area contributed by atoms with Crippen LogP contribution in [0.2, 0.25) is 0 Å². The molecule has 0 saturated heterocycles. The first kappa shape index (κ1) is 16.4. The van der Waals surface area contributed by atoms with Gasteiger partial charge in [0.2, 0.25) is 0 Å². The van der Waals surface area contributed by atoms with Gasteiger partial charge in [0.25, 0.3) is 0 Å². The predicted molar refractivity (Wildman–Crippen MR) is 79.6 cm³/mol. The van der Waals surface area contributed by atoms with Crippen LogP contribution >= 0.6 is 0 Å². The topological polar surface area (TPSA) is 55.9 Å². The van der Waals surface area contributed by atoms with Crippen LogP contribution in [0.25, 0.3) is 0 Å². The number of benzene rings is 1. The van der Waals surface area contributed by atoms with E-state index in [2.05, 4.69) is 10.4 Å². The molecule has 0 aliphatic heterocycles. The van der Waals surface area contributed by atoms with Crippen LogP contribution in [-0.2, 0) is 19.6 Å². The average Bonchev–Trinajstić information content (AvgIpc) is 2.80. The molecule has 0 bridgehead atoms. The minimum atomic E-state index is -4.33. The van der Waals surface area contributed by atoms with E-state index in [9.17, 15) is 13.2 Å². The van der Waals surface area contributed by atoms with Gasteiger partial charge in [0.1, 0.15) is 0 Å². The van der Waals surface area contributed by atoms with Gasteiger partial charge in [-0.2, -0.15) is 18.3 Å². The van der Waals surface area contributed by atoms with Crippen LogP contribution < -0.4 is 11.1 Å². The molecule has 3 N–H and O–H groups in total. The second-order valence-corrected chi connectivity index (χ2v) is 5.07. The third-order valence-corrected chi connectivity index (χ3v) is 3.38. The van der Waals surface area contributed by atoms with Gasteiger partial charge in [-0.3, -0.25) is 4.68 Å². The molecule has 0 unspecified atom stereocenters. The predicted octanol–water partition coefficient (Wildman–Crippen LogP) is 2.79. The SMILES string of the molecule is Cn1ncc(NCCCN)c1Cc1cccc(C(F)(F)F)c1. The quantitative estimate of drug-likeness (QED) is 0.807. The zero-order valence-electron chi connectivity index (χ0n) is 12.3. The second-order valence-electron chi connectivity index (χ2n) is 5.07. The highest BCUT2D eigenvalue weighted by atomic mass is 19.4. The van der Waals surface area contributed by atoms with Crippen molar-refractivity contribution >= 4 is 5.69 Å². The smallest absolute Gasteiger partial charge is 0.382 e. The second kappa shape index (κ2) is 6.83. The molecule has 1 heterocycles. The molecule has 0 fully saturated rings. The van der Waals surface area contributed by atoms with Crippen molar-refractivity contribution in [3.05, 3.63) is 47.3 Å². The van der Waals surface area contributed by atoms with E-state index < -0.39 is 11.7 Å². The summed E-state index contributed by atoms with van der Waals surface area (Å²) in [6.45, 7) is 1.29. The Morgan fingerprint density at radius 2 is 2.09 bits per heavy atom. The van der Waals surface area contributed by atoms with Crippen LogP contribution in [0.5, 0.6) is 0 Å². The molecule has 22 heavy (non-hydrogen) atoms. The molecule has 120 valence electrons. The van der Waals surface area contributed by atoms with E-state index in [1.807, 2.05) is 0 Å². The Morgan fingerprint density at radius 3 is 2.77 bits per heavy atom. The molecule has 0 saturated carbocycles. The van der Waals surface area contributed by atoms with E-state index in [0.29, 0.717) is 25.1 Å². The van der Waals surface area contributed by atoms with Crippen molar-refractivity contribution < 1.29 is 13.2 Å². The summed E-state index contributed by atoms with van der Waals surface area (Å²) in [5.41, 5.74) is 7.08. The van der Waals surface area contributed by atoms with Gasteiger partial charge in [0.05, 0.1) is 23.1 Å². The number of nitrogens with one attached hydrogen (secondary N) is 1. The number of aromatic nitrogens is 2. The highest BCUT2D eigenvalue weighted by molar-refractivity contribution is 5.48. The van der Waals surface area contributed by atoms with Gasteiger partial charge >= 0.3 is 6.18 Å². The minimum Gasteiger partial charge on any atom is -0.382 e. The molecule has 4 nitrogen and oxygen atoms in total. The number of hydrogen-bond donors (Lipinski definition) is 2. The Bertz CT molecular complexity index is 619. The number of aryl methyl sites for hydroxylation is 1. The summed E-state index contributed by atoms with van der Waals surface area (Å²) in [4.78, 5) is 0. The van der Waals surface area contributed by atoms with E-state index in [0.717, 1.165) is 23.9 Å². The summed E-state index contributed by atoms with van der Waals surface area (Å²) >= 11 is 0. The molecule has 0 radical (unpaired) electrons. The van der Waals surface area contributed by atoms with E-state index in [4.69, 9.17) is 5.73 Å². The van der Waals surface area contributed by atoms with Crippen LogP contribution in [0.4, 0.5) is 18.9 Å². The number of alkyl halides is 3. The number of halogens is 3. The molecule has 2 aromatic rings. The van der Waals surface area contributed by atoms with Crippen molar-refractivity contribution in [3.8, 4) is 0 Å². The van der Waals surface area contributed by atoms with E-state index in [1.54, 1.807) is 24.0 Å². The van der Waals surface area contributed by atoms with Gasteiger partial charge in [-0.05, 0) is 24.6 Å². The molecule has 0 amide bonds. The lowest BCUT2D eigenvalue weighted by Crippen LogP contribution is -2.10. The van der Waals surface area contributed by atoms with E-state index in [-0.39, 0.29) is 0 Å². The van der Waals surface area contributed by atoms with Crippen LogP contribution in [0.1, 0.15) is 23.2 Å². The van der Waals surface area contributed by atoms with Crippen LogP contribution in [0.15, 0.2) is 30.5 Å². The van der Waals surface area contributed by atoms with Gasteiger partial charge in [0.15, 0.2) is 0 Å². The number of hydrogen-bond acceptors (Lipinski definition) is 3. The lowest BCUT2D eigenvalue weighted by molar-refractivity contribution is -0.137. The Labute approximate surface area is 127 Å². The normalized spacial score (nSPS) is 11.7. The summed E-state index contributed by atoms with van der Waals surface area (Å²) in [6.07, 6.45) is -1.45. The Morgan fingerprint density at radius 1 is 1.32 bits per heavy atom. The Kier molecular flexibility index (Phi) is 5.07. The minimum absolute atomic E-state index is 0.380. The molecule has 0 atom stereocenters. The largest absolute Gasteiger partial charge is 0.416 e. The fourth-order valence-electron chi connectivity index (χ4n) is 2.20. The van der Waals surface area contributed by atoms with Gasteiger partial charge in [-0.15, -0.1) is 0 Å². The van der Waals surface area contributed by atoms with Gasteiger partial charge in [-0.1, -0.05) is 18.2 Å². The van der Waals surface area contributed by atoms with Crippen molar-refractivity contribution in [2.75, 3.05) is 18.4 Å². The lowest BCUT2D eigenvalue weighted by Gasteiger charge is -2.11. The van der Waals surface area contributed by atoms with Crippen molar-refractivity contribution in [2.45, 2.75) is 19.0 Å². The Hall–Kier alpha value is -2.02. The average molecular weight is 312 g/mol. The summed E-state index contributed by atoms with van der Waals surface area (Å²) in [6, 6.07) is 5.37. The monoisotopic (exact) mass is 312 g/mol. The number of nitrogens with zero attached hydrogens (tertiary/aromatic N) is 2. The van der Waals surface area contributed by atoms with Gasteiger partial charge < -0.3 is 11.1 Å². The van der Waals surface area contributed by atoms with Crippen molar-refractivity contribution in [3.63, 3.8) is 0 Å². The maximum atomic E-state index is 12.8. The maximum Gasteiger partial charge on any atom is 0.416 e. The van der Waals surface area contributed by atoms with Crippen molar-refractivity contribution in [2.24, 2.45) is 12.8 Å². The third-order valence-electron chi connectivity index (χ3n) is 3.38. The van der Waals surface area contributed by atoms with Crippen molar-refractivity contribution in [1.82, 2.24) is 9.78 Å². The van der Waals surface area contributed by atoms with Crippen LogP contribution in [-0.4, -0.2) is 22.9 Å². The molecular formula is C15H19F3N4. The highest BCUT2D eigenvalue weighted by Gasteiger charge is 2.30. The van der Waals surface area contributed by atoms with Gasteiger partial charge in [0, 0.05) is 20.0 Å². The Balaban J connectivity index is 2.18. The van der Waals surface area contributed by atoms with E-state index >= 15 is 0 Å². The molecule has 0 aliphatic carbocycles. The first-order valence-corrected chi connectivity index (χ1v) is 7.02. The maximum absolute atomic E-state index is 12.8. The fraction of sp³-hybridized carbons (Fsp3) is 0.400. The number of nitrogens with two attached hydrogens (primary N) is 1. The molecular weight excluding hydrogens is 293 g/mol. The van der Waals surface area contributed by atoms with E-state index in [1.165, 1.54) is 12.1 Å². The summed E-state index contributed by atoms with van der Waals surface area (Å²) in [7, 11) is 1.77. The number of anilines is 1. The lowest BCUT2D eigenvalue weighted by atomic mass is 10.1. The molecule has 2 rings (SSSR count). The summed E-state index contributed by atoms with van der Waals surface area (Å²) in [5.74, 6) is 0. The van der Waals surface area contributed by atoms with Crippen LogP contribution in [0.3, 0.4) is 0 Å². The summed E-state index contributed by atoms with van der Waals surface area (Å²) < 4.78 is 40.0. The van der Waals surface area contributed by atoms with Crippen molar-refractivity contribution in [1.29, 1.82) is 0 Å². The fourth-order valence-corrected chi connectivity index (χ4v) is 2.20. The number of rotatable bonds is 6. The first-order chi connectivity index (χ1) is 10.4. The zero-order valence-corrected chi connectivity index (χ0v) is 12.3. The molecule has 7 heteroatoms. The van der Waals surface area contributed by atoms with Crippen LogP contribution in [0, 0.1) is 0 Å². The third kappa shape index (κ3) is 4.00. The molecule has 1 aromatic heterocycles. The zero-order chi connectivity index (χ0) is 16.2.